The normalized spacial score (nSPS) is 22.0. The highest BCUT2D eigenvalue weighted by Gasteiger charge is 2.62. The Bertz CT molecular complexity index is 2540. The molecular weight excluding hydrogens is 867 g/mol. The fourth-order valence-corrected chi connectivity index (χ4v) is 12.0. The maximum absolute atomic E-state index is 15.0. The Hall–Kier alpha value is -4.01. The van der Waals surface area contributed by atoms with E-state index in [0.717, 1.165) is 26.9 Å². The molecule has 0 spiro atoms. The van der Waals surface area contributed by atoms with Gasteiger partial charge in [0.25, 0.3) is 0 Å². The lowest BCUT2D eigenvalue weighted by Gasteiger charge is -2.54. The lowest BCUT2D eigenvalue weighted by Crippen LogP contribution is -2.60. The van der Waals surface area contributed by atoms with E-state index in [1.54, 1.807) is 45.0 Å². The van der Waals surface area contributed by atoms with Gasteiger partial charge in [-0.3, -0.25) is 19.4 Å². The highest BCUT2D eigenvalue weighted by Crippen LogP contribution is 2.61. The zero-order valence-corrected chi connectivity index (χ0v) is 36.8. The van der Waals surface area contributed by atoms with E-state index in [4.69, 9.17) is 32.5 Å². The highest BCUT2D eigenvalue weighted by molar-refractivity contribution is 8.76. The molecule has 1 saturated carbocycles. The van der Waals surface area contributed by atoms with Crippen molar-refractivity contribution in [3.05, 3.63) is 96.2 Å². The van der Waals surface area contributed by atoms with E-state index in [0.29, 0.717) is 53.2 Å². The summed E-state index contributed by atoms with van der Waals surface area (Å²) < 4.78 is 23.1. The van der Waals surface area contributed by atoms with Gasteiger partial charge in [-0.1, -0.05) is 79.2 Å². The minimum Gasteiger partial charge on any atom is -0.410 e. The van der Waals surface area contributed by atoms with Gasteiger partial charge in [-0.25, -0.2) is 14.3 Å². The number of nitrogens with one attached hydrogen (secondary N) is 1. The summed E-state index contributed by atoms with van der Waals surface area (Å²) in [6.45, 7) is 4.80. The number of anilines is 2. The van der Waals surface area contributed by atoms with Crippen LogP contribution in [-0.4, -0.2) is 69.8 Å². The summed E-state index contributed by atoms with van der Waals surface area (Å²) in [5.41, 5.74) is 1.04. The van der Waals surface area contributed by atoms with Crippen molar-refractivity contribution in [3.8, 4) is 11.5 Å². The van der Waals surface area contributed by atoms with Crippen LogP contribution in [0.4, 0.5) is 16.2 Å². The molecule has 4 aromatic carbocycles. The van der Waals surface area contributed by atoms with E-state index in [1.165, 1.54) is 16.9 Å². The van der Waals surface area contributed by atoms with Gasteiger partial charge < -0.3 is 24.4 Å². The third kappa shape index (κ3) is 7.96. The minimum absolute atomic E-state index is 0.0350. The molecule has 0 bridgehead atoms. The fraction of sp³-hybridized carbons (Fsp3) is 0.349. The van der Waals surface area contributed by atoms with Crippen LogP contribution < -0.4 is 24.4 Å². The molecule has 5 aromatic rings. The van der Waals surface area contributed by atoms with Gasteiger partial charge in [0.2, 0.25) is 11.8 Å². The molecule has 60 heavy (non-hydrogen) atoms. The molecule has 8 rings (SSSR count). The van der Waals surface area contributed by atoms with Crippen LogP contribution in [0.15, 0.2) is 90.1 Å². The van der Waals surface area contributed by atoms with E-state index in [1.807, 2.05) is 68.4 Å². The van der Waals surface area contributed by atoms with Gasteiger partial charge >= 0.3 is 13.9 Å². The summed E-state index contributed by atoms with van der Waals surface area (Å²) in [6.07, 6.45) is 2.16. The smallest absolute Gasteiger partial charge is 0.410 e. The summed E-state index contributed by atoms with van der Waals surface area (Å²) >= 11 is 13.1. The summed E-state index contributed by atoms with van der Waals surface area (Å²) in [7, 11) is -1.84. The first-order valence-corrected chi connectivity index (χ1v) is 24.5. The molecule has 12 nitrogen and oxygen atoms in total. The van der Waals surface area contributed by atoms with Crippen LogP contribution >= 0.6 is 52.6 Å². The first-order valence-electron chi connectivity index (χ1n) is 19.6. The van der Waals surface area contributed by atoms with E-state index >= 15 is 0 Å². The molecule has 17 heteroatoms. The second-order valence-electron chi connectivity index (χ2n) is 15.8. The van der Waals surface area contributed by atoms with Crippen molar-refractivity contribution in [1.29, 1.82) is 0 Å². The van der Waals surface area contributed by atoms with Gasteiger partial charge in [0.15, 0.2) is 0 Å². The van der Waals surface area contributed by atoms with E-state index in [-0.39, 0.29) is 60.5 Å². The monoisotopic (exact) mass is 908 g/mol. The lowest BCUT2D eigenvalue weighted by atomic mass is 9.51. The van der Waals surface area contributed by atoms with Gasteiger partial charge in [0.1, 0.15) is 16.5 Å². The summed E-state index contributed by atoms with van der Waals surface area (Å²) in [6, 6.07) is 23.7. The minimum atomic E-state index is -4.93. The first-order chi connectivity index (χ1) is 28.8. The highest BCUT2D eigenvalue weighted by atomic mass is 35.5. The molecule has 3 heterocycles. The zero-order valence-electron chi connectivity index (χ0n) is 32.8. The number of carbonyl (C=O) groups is 3. The number of carbonyl (C=O) groups excluding carboxylic acids is 3. The van der Waals surface area contributed by atoms with Crippen LogP contribution in [0.2, 0.25) is 0 Å². The first kappa shape index (κ1) is 42.7. The molecule has 1 aromatic heterocycles. The Labute approximate surface area is 365 Å². The molecule has 314 valence electrons. The maximum atomic E-state index is 15.0. The molecule has 0 unspecified atom stereocenters. The standard InChI is InChI=1S/C43H43Cl2N4O8PS2/c1-3-43(24-42(2,25-43)39(50)48-22-26(20-44)38-31-13-7-5-11-29(31)35(19-33(38)48)57-58(53,54)55)40(51)49-23-27(21-45)37-30-12-6-4-10-28(30)34(18-32(37)49)56-41(52)47-16-17-59-60-36-14-8-9-15-46-36/h4-15,18-19,26-27H,3,16-17,20-25H2,1-2H3,(H,47,52)(H2,53,54,55)/t26-,27-,42?,43?/m1/s1. The van der Waals surface area contributed by atoms with Gasteiger partial charge in [0.05, 0.1) is 16.8 Å². The predicted molar refractivity (Wildman–Crippen MR) is 239 cm³/mol. The van der Waals surface area contributed by atoms with Crippen LogP contribution in [0.25, 0.3) is 21.5 Å². The quantitative estimate of drug-likeness (QED) is 0.0447. The van der Waals surface area contributed by atoms with E-state index < -0.39 is 24.7 Å². The molecule has 3 amide bonds. The number of alkyl halides is 2. The molecule has 1 aliphatic carbocycles. The van der Waals surface area contributed by atoms with Crippen LogP contribution in [-0.2, 0) is 14.2 Å². The van der Waals surface area contributed by atoms with Gasteiger partial charge in [-0.15, -0.1) is 23.2 Å². The van der Waals surface area contributed by atoms with Crippen molar-refractivity contribution in [3.63, 3.8) is 0 Å². The predicted octanol–water partition coefficient (Wildman–Crippen LogP) is 9.62. The van der Waals surface area contributed by atoms with Crippen LogP contribution in [0.5, 0.6) is 11.5 Å². The number of amides is 3. The third-order valence-electron chi connectivity index (χ3n) is 11.9. The number of halogens is 2. The lowest BCUT2D eigenvalue weighted by molar-refractivity contribution is -0.153. The maximum Gasteiger partial charge on any atom is 0.524 e. The molecule has 2 atom stereocenters. The van der Waals surface area contributed by atoms with Crippen LogP contribution in [0.3, 0.4) is 0 Å². The second kappa shape index (κ2) is 17.0. The fourth-order valence-electron chi connectivity index (χ4n) is 9.34. The molecular formula is C43H43Cl2N4O8PS2. The summed E-state index contributed by atoms with van der Waals surface area (Å²) in [4.78, 5) is 70.0. The van der Waals surface area contributed by atoms with E-state index in [9.17, 15) is 28.7 Å². The van der Waals surface area contributed by atoms with Crippen molar-refractivity contribution in [2.75, 3.05) is 46.9 Å². The second-order valence-corrected chi connectivity index (χ2v) is 20.0. The molecule has 3 aliphatic rings. The Morgan fingerprint density at radius 2 is 1.40 bits per heavy atom. The molecule has 2 aliphatic heterocycles. The number of ether oxygens (including phenoxy) is 1. The SMILES string of the molecule is CCC1(C(=O)N2C[C@@H](CCl)c3c2cc(OC(=O)NCCSSc2ccccn2)c2ccccc32)CC(C)(C(=O)N2C[C@@H](CCl)c3c2cc(OP(=O)(O)O)c2ccccc32)C1. The van der Waals surface area contributed by atoms with Gasteiger partial charge in [-0.05, 0) is 64.1 Å². The Morgan fingerprint density at radius 3 is 1.95 bits per heavy atom. The number of phosphoric ester groups is 1. The number of aromatic nitrogens is 1. The number of benzene rings is 4. The molecule has 0 radical (unpaired) electrons. The third-order valence-corrected chi connectivity index (χ3v) is 15.3. The van der Waals surface area contributed by atoms with E-state index in [2.05, 4.69) is 10.3 Å². The van der Waals surface area contributed by atoms with Crippen LogP contribution in [0, 0.1) is 10.8 Å². The average Bonchev–Trinajstić information content (AvgIpc) is 3.80. The van der Waals surface area contributed by atoms with Crippen molar-refractivity contribution in [2.45, 2.75) is 50.0 Å². The average molecular weight is 910 g/mol. The Kier molecular flexibility index (Phi) is 12.1. The summed E-state index contributed by atoms with van der Waals surface area (Å²) in [5.74, 6) is 0.656. The number of pyridine rings is 1. The number of rotatable bonds is 13. The molecule has 3 N–H and O–H groups in total. The van der Waals surface area contributed by atoms with Crippen LogP contribution in [0.1, 0.15) is 56.1 Å². The molecule has 0 saturated heterocycles. The zero-order chi connectivity index (χ0) is 42.4. The van der Waals surface area contributed by atoms with Crippen molar-refractivity contribution < 1.29 is 38.0 Å². The Morgan fingerprint density at radius 1 is 0.850 bits per heavy atom. The number of fused-ring (bicyclic) bond motifs is 6. The van der Waals surface area contributed by atoms with Crippen molar-refractivity contribution in [1.82, 2.24) is 10.3 Å². The van der Waals surface area contributed by atoms with Gasteiger partial charge in [0, 0.05) is 83.5 Å². The number of hydrogen-bond acceptors (Lipinski definition) is 9. The van der Waals surface area contributed by atoms with Gasteiger partial charge in [-0.2, -0.15) is 0 Å². The number of phosphoric acid groups is 1. The van der Waals surface area contributed by atoms with Crippen molar-refractivity contribution >= 4 is 103 Å². The molecule has 1 fully saturated rings. The number of hydrogen-bond donors (Lipinski definition) is 3. The van der Waals surface area contributed by atoms with Crippen molar-refractivity contribution in [2.24, 2.45) is 10.8 Å². The number of nitrogens with zero attached hydrogens (tertiary/aromatic N) is 3. The Balaban J connectivity index is 1.03. The summed E-state index contributed by atoms with van der Waals surface area (Å²) in [5, 5.41) is 6.48. The topological polar surface area (TPSA) is 159 Å². The largest absolute Gasteiger partial charge is 0.524 e.